The fourth-order valence-electron chi connectivity index (χ4n) is 5.88. The van der Waals surface area contributed by atoms with Crippen LogP contribution in [0, 0.1) is 17.8 Å². The number of nitrogens with two attached hydrogens (primary N) is 1. The zero-order chi connectivity index (χ0) is 14.7. The van der Waals surface area contributed by atoms with Crippen LogP contribution in [0.2, 0.25) is 0 Å². The number of anilines is 1. The maximum atomic E-state index is 5.76. The van der Waals surface area contributed by atoms with Gasteiger partial charge in [-0.15, -0.1) is 28.3 Å². The van der Waals surface area contributed by atoms with Crippen molar-refractivity contribution in [3.05, 3.63) is 35.2 Å². The van der Waals surface area contributed by atoms with Crippen LogP contribution in [0.25, 0.3) is 11.3 Å². The van der Waals surface area contributed by atoms with E-state index in [1.54, 1.807) is 5.56 Å². The number of aromatic nitrogens is 1. The molecule has 1 aromatic carbocycles. The van der Waals surface area contributed by atoms with Crippen LogP contribution < -0.4 is 5.73 Å². The van der Waals surface area contributed by atoms with Gasteiger partial charge in [0.1, 0.15) is 0 Å². The molecule has 2 aromatic rings. The van der Waals surface area contributed by atoms with Gasteiger partial charge < -0.3 is 5.73 Å². The minimum atomic E-state index is 0. The second-order valence-corrected chi connectivity index (χ2v) is 8.74. The molecule has 1 aromatic heterocycles. The molecule has 4 bridgehead atoms. The standard InChI is InChI=1S/C19H22N2S.BrH/c20-18-21-17(11-22-18)15-1-3-16(4-2-15)19-8-12-5-13(9-19)7-14(6-12)10-19;/h1-4,11-14H,5-10H2,(H2,20,21);1H. The van der Waals surface area contributed by atoms with Crippen molar-refractivity contribution in [1.29, 1.82) is 0 Å². The molecule has 6 rings (SSSR count). The summed E-state index contributed by atoms with van der Waals surface area (Å²) in [5, 5.41) is 2.70. The van der Waals surface area contributed by atoms with E-state index < -0.39 is 0 Å². The summed E-state index contributed by atoms with van der Waals surface area (Å²) in [7, 11) is 0. The van der Waals surface area contributed by atoms with Crippen LogP contribution in [0.15, 0.2) is 29.6 Å². The predicted octanol–water partition coefficient (Wildman–Crippen LogP) is 5.44. The molecule has 0 atom stereocenters. The molecule has 0 unspecified atom stereocenters. The molecule has 0 amide bonds. The van der Waals surface area contributed by atoms with E-state index in [4.69, 9.17) is 5.73 Å². The number of halogens is 1. The lowest BCUT2D eigenvalue weighted by molar-refractivity contribution is -0.00518. The van der Waals surface area contributed by atoms with E-state index in [9.17, 15) is 0 Å². The molecule has 0 spiro atoms. The van der Waals surface area contributed by atoms with Crippen LogP contribution in [0.4, 0.5) is 5.13 Å². The Labute approximate surface area is 152 Å². The average Bonchev–Trinajstić information content (AvgIpc) is 2.93. The van der Waals surface area contributed by atoms with E-state index in [0.29, 0.717) is 10.5 Å². The quantitative estimate of drug-likeness (QED) is 0.741. The number of hydrogen-bond acceptors (Lipinski definition) is 3. The van der Waals surface area contributed by atoms with Crippen molar-refractivity contribution in [2.75, 3.05) is 5.73 Å². The van der Waals surface area contributed by atoms with Crippen molar-refractivity contribution in [3.8, 4) is 11.3 Å². The Morgan fingerprint density at radius 2 is 1.52 bits per heavy atom. The molecule has 4 fully saturated rings. The van der Waals surface area contributed by atoms with Crippen molar-refractivity contribution >= 4 is 33.4 Å². The molecule has 2 nitrogen and oxygen atoms in total. The van der Waals surface area contributed by atoms with Gasteiger partial charge in [0.15, 0.2) is 5.13 Å². The highest BCUT2D eigenvalue weighted by molar-refractivity contribution is 8.93. The van der Waals surface area contributed by atoms with Gasteiger partial charge in [-0.3, -0.25) is 0 Å². The first-order valence-electron chi connectivity index (χ1n) is 8.52. The Balaban J connectivity index is 0.00000135. The van der Waals surface area contributed by atoms with Gasteiger partial charge in [0.2, 0.25) is 0 Å². The molecule has 0 aliphatic heterocycles. The smallest absolute Gasteiger partial charge is 0.180 e. The first-order valence-corrected chi connectivity index (χ1v) is 9.40. The summed E-state index contributed by atoms with van der Waals surface area (Å²) in [6, 6.07) is 9.25. The first kappa shape index (κ1) is 15.6. The lowest BCUT2D eigenvalue weighted by Crippen LogP contribution is -2.48. The van der Waals surface area contributed by atoms with E-state index in [0.717, 1.165) is 23.4 Å². The molecular formula is C19H23BrN2S. The van der Waals surface area contributed by atoms with E-state index >= 15 is 0 Å². The van der Waals surface area contributed by atoms with Gasteiger partial charge >= 0.3 is 0 Å². The Kier molecular flexibility index (Phi) is 3.80. The minimum absolute atomic E-state index is 0. The largest absolute Gasteiger partial charge is 0.375 e. The third-order valence-corrected chi connectivity index (χ3v) is 7.03. The van der Waals surface area contributed by atoms with Gasteiger partial charge in [-0.1, -0.05) is 24.3 Å². The van der Waals surface area contributed by atoms with Gasteiger partial charge in [-0.05, 0) is 67.3 Å². The SMILES string of the molecule is Br.Nc1nc(-c2ccc(C34CC5CC(CC(C5)C3)C4)cc2)cs1. The van der Waals surface area contributed by atoms with E-state index in [1.807, 2.05) is 0 Å². The normalized spacial score (nSPS) is 34.3. The zero-order valence-electron chi connectivity index (χ0n) is 13.2. The summed E-state index contributed by atoms with van der Waals surface area (Å²) in [4.78, 5) is 4.40. The van der Waals surface area contributed by atoms with Crippen molar-refractivity contribution < 1.29 is 0 Å². The van der Waals surface area contributed by atoms with E-state index in [-0.39, 0.29) is 17.0 Å². The lowest BCUT2D eigenvalue weighted by Gasteiger charge is -2.57. The summed E-state index contributed by atoms with van der Waals surface area (Å²) >= 11 is 1.52. The minimum Gasteiger partial charge on any atom is -0.375 e. The van der Waals surface area contributed by atoms with Crippen LogP contribution in [0.1, 0.15) is 44.1 Å². The predicted molar refractivity (Wildman–Crippen MR) is 102 cm³/mol. The molecule has 23 heavy (non-hydrogen) atoms. The van der Waals surface area contributed by atoms with Gasteiger partial charge in [-0.25, -0.2) is 4.98 Å². The number of nitrogens with zero attached hydrogens (tertiary/aromatic N) is 1. The number of rotatable bonds is 2. The van der Waals surface area contributed by atoms with Crippen LogP contribution in [-0.4, -0.2) is 4.98 Å². The molecule has 0 radical (unpaired) electrons. The van der Waals surface area contributed by atoms with Crippen LogP contribution in [-0.2, 0) is 5.41 Å². The van der Waals surface area contributed by atoms with Gasteiger partial charge in [0.25, 0.3) is 0 Å². The lowest BCUT2D eigenvalue weighted by atomic mass is 9.48. The molecule has 122 valence electrons. The molecular weight excluding hydrogens is 368 g/mol. The topological polar surface area (TPSA) is 38.9 Å². The monoisotopic (exact) mass is 390 g/mol. The summed E-state index contributed by atoms with van der Waals surface area (Å²) in [6.07, 6.45) is 8.83. The summed E-state index contributed by atoms with van der Waals surface area (Å²) in [6.45, 7) is 0. The third-order valence-electron chi connectivity index (χ3n) is 6.35. The van der Waals surface area contributed by atoms with Gasteiger partial charge in [0, 0.05) is 10.9 Å². The fraction of sp³-hybridized carbons (Fsp3) is 0.526. The molecule has 4 aliphatic rings. The maximum absolute atomic E-state index is 5.76. The van der Waals surface area contributed by atoms with Crippen molar-refractivity contribution in [2.24, 2.45) is 17.8 Å². The second-order valence-electron chi connectivity index (χ2n) is 7.85. The first-order chi connectivity index (χ1) is 10.7. The van der Waals surface area contributed by atoms with Crippen LogP contribution >= 0.6 is 28.3 Å². The van der Waals surface area contributed by atoms with Crippen LogP contribution in [0.3, 0.4) is 0 Å². The summed E-state index contributed by atoms with van der Waals surface area (Å²) in [5.41, 5.74) is 10.0. The Hall–Kier alpha value is -0.870. The van der Waals surface area contributed by atoms with Gasteiger partial charge in [0.05, 0.1) is 5.69 Å². The number of hydrogen-bond donors (Lipinski definition) is 1. The fourth-order valence-corrected chi connectivity index (χ4v) is 6.45. The molecule has 1 heterocycles. The van der Waals surface area contributed by atoms with Crippen molar-refractivity contribution in [2.45, 2.75) is 43.9 Å². The maximum Gasteiger partial charge on any atom is 0.180 e. The van der Waals surface area contributed by atoms with E-state index in [2.05, 4.69) is 34.6 Å². The Morgan fingerprint density at radius 1 is 0.957 bits per heavy atom. The number of benzene rings is 1. The highest BCUT2D eigenvalue weighted by atomic mass is 79.9. The number of thiazole rings is 1. The highest BCUT2D eigenvalue weighted by Crippen LogP contribution is 2.60. The van der Waals surface area contributed by atoms with Crippen molar-refractivity contribution in [3.63, 3.8) is 0 Å². The molecule has 4 aliphatic carbocycles. The number of nitrogen functional groups attached to an aromatic ring is 1. The molecule has 0 saturated heterocycles. The zero-order valence-corrected chi connectivity index (χ0v) is 15.7. The Bertz CT molecular complexity index is 671. The average molecular weight is 391 g/mol. The highest BCUT2D eigenvalue weighted by Gasteiger charge is 2.51. The van der Waals surface area contributed by atoms with E-state index in [1.165, 1.54) is 55.4 Å². The summed E-state index contributed by atoms with van der Waals surface area (Å²) < 4.78 is 0. The molecule has 4 saturated carbocycles. The molecule has 4 heteroatoms. The third kappa shape index (κ3) is 2.54. The van der Waals surface area contributed by atoms with Crippen LogP contribution in [0.5, 0.6) is 0 Å². The Morgan fingerprint density at radius 3 is 2.00 bits per heavy atom. The van der Waals surface area contributed by atoms with Crippen molar-refractivity contribution in [1.82, 2.24) is 4.98 Å². The summed E-state index contributed by atoms with van der Waals surface area (Å²) in [5.74, 6) is 3.01. The molecule has 2 N–H and O–H groups in total. The second kappa shape index (κ2) is 5.59. The van der Waals surface area contributed by atoms with Gasteiger partial charge in [-0.2, -0.15) is 0 Å².